The molecule has 1 aromatic rings. The third-order valence-corrected chi connectivity index (χ3v) is 3.74. The van der Waals surface area contributed by atoms with Crippen molar-refractivity contribution < 1.29 is 13.5 Å². The van der Waals surface area contributed by atoms with E-state index in [1.54, 1.807) is 25.4 Å². The van der Waals surface area contributed by atoms with Crippen molar-refractivity contribution in [3.63, 3.8) is 0 Å². The summed E-state index contributed by atoms with van der Waals surface area (Å²) in [5, 5.41) is 6.43. The monoisotopic (exact) mass is 362 g/mol. The molecular weight excluding hydrogens is 338 g/mol. The zero-order valence-electron chi connectivity index (χ0n) is 15.2. The van der Waals surface area contributed by atoms with E-state index in [0.717, 1.165) is 23.8 Å². The summed E-state index contributed by atoms with van der Waals surface area (Å²) in [5.74, 6) is -2.66. The van der Waals surface area contributed by atoms with E-state index in [-0.39, 0.29) is 11.9 Å². The van der Waals surface area contributed by atoms with Crippen LogP contribution in [-0.2, 0) is 6.54 Å². The van der Waals surface area contributed by atoms with E-state index in [1.807, 2.05) is 25.4 Å². The number of pyridine rings is 1. The number of nitrogens with one attached hydrogen (secondary N) is 2. The number of hydrogen-bond acceptors (Lipinski definition) is 5. The predicted molar refractivity (Wildman–Crippen MR) is 99.6 cm³/mol. The van der Waals surface area contributed by atoms with Crippen LogP contribution in [0.4, 0.5) is 8.78 Å². The third-order valence-electron chi connectivity index (χ3n) is 3.74. The smallest absolute Gasteiger partial charge is 0.278 e. The van der Waals surface area contributed by atoms with Crippen LogP contribution in [0.1, 0.15) is 18.1 Å². The van der Waals surface area contributed by atoms with Gasteiger partial charge in [0.2, 0.25) is 5.88 Å². The number of rotatable bonds is 8. The molecule has 0 saturated heterocycles. The maximum Gasteiger partial charge on any atom is 0.278 e. The van der Waals surface area contributed by atoms with Gasteiger partial charge in [0, 0.05) is 43.2 Å². The highest BCUT2D eigenvalue weighted by Gasteiger charge is 2.22. The Balaban J connectivity index is 2.01. The number of hydrogen-bond donors (Lipinski definition) is 2. The van der Waals surface area contributed by atoms with E-state index in [1.165, 1.54) is 0 Å². The second-order valence-corrected chi connectivity index (χ2v) is 6.13. The number of halogens is 2. The van der Waals surface area contributed by atoms with Gasteiger partial charge in [-0.2, -0.15) is 0 Å². The van der Waals surface area contributed by atoms with E-state index in [0.29, 0.717) is 12.1 Å². The molecule has 2 rings (SSSR count). The Kier molecular flexibility index (Phi) is 6.63. The minimum absolute atomic E-state index is 0.0550. The maximum atomic E-state index is 12.9. The Morgan fingerprint density at radius 1 is 1.42 bits per heavy atom. The molecule has 0 fully saturated rings. The minimum atomic E-state index is -2.89. The fourth-order valence-corrected chi connectivity index (χ4v) is 2.48. The fraction of sp³-hybridized carbons (Fsp3) is 0.368. The lowest BCUT2D eigenvalue weighted by molar-refractivity contribution is -0.0244. The van der Waals surface area contributed by atoms with Gasteiger partial charge in [-0.25, -0.2) is 13.8 Å². The van der Waals surface area contributed by atoms with Crippen LogP contribution in [0, 0.1) is 6.92 Å². The van der Waals surface area contributed by atoms with E-state index in [9.17, 15) is 8.78 Å². The average molecular weight is 362 g/mol. The van der Waals surface area contributed by atoms with E-state index >= 15 is 0 Å². The summed E-state index contributed by atoms with van der Waals surface area (Å²) in [6.07, 6.45) is 8.93. The topological polar surface area (TPSA) is 58.5 Å². The molecule has 140 valence electrons. The number of aromatic nitrogens is 1. The maximum absolute atomic E-state index is 12.9. The van der Waals surface area contributed by atoms with Crippen LogP contribution in [0.3, 0.4) is 0 Å². The number of likely N-dealkylation sites (N-methyl/N-ethyl adjacent to an activating group) is 1. The standard InChI is InChI=1S/C19H24F2N4O/c1-5-16-15(17(22-4)6-7-24-16)11-23-9-14-8-13(2)18(25-10-14)26-12-19(3,20)21/h5-8,10-11,17,22-23H,1,9,12H2,2-4H3/b15-11-. The molecule has 0 aromatic carbocycles. The summed E-state index contributed by atoms with van der Waals surface area (Å²) in [6, 6.07) is 1.92. The Hall–Kier alpha value is -2.54. The zero-order valence-corrected chi connectivity index (χ0v) is 15.2. The number of aryl methyl sites for hydroxylation is 1. The van der Waals surface area contributed by atoms with Gasteiger partial charge in [-0.05, 0) is 37.8 Å². The van der Waals surface area contributed by atoms with Gasteiger partial charge < -0.3 is 15.4 Å². The highest BCUT2D eigenvalue weighted by molar-refractivity contribution is 6.10. The minimum Gasteiger partial charge on any atom is -0.471 e. The van der Waals surface area contributed by atoms with Gasteiger partial charge in [-0.3, -0.25) is 4.99 Å². The second kappa shape index (κ2) is 8.71. The van der Waals surface area contributed by atoms with E-state index in [2.05, 4.69) is 27.2 Å². The molecule has 0 spiro atoms. The molecule has 26 heavy (non-hydrogen) atoms. The van der Waals surface area contributed by atoms with Crippen molar-refractivity contribution in [2.45, 2.75) is 32.4 Å². The third kappa shape index (κ3) is 5.49. The molecular formula is C19H24F2N4O. The molecule has 1 aliphatic rings. The summed E-state index contributed by atoms with van der Waals surface area (Å²) in [5.41, 5.74) is 3.42. The Morgan fingerprint density at radius 2 is 2.19 bits per heavy atom. The Labute approximate surface area is 152 Å². The zero-order chi connectivity index (χ0) is 19.2. The summed E-state index contributed by atoms with van der Waals surface area (Å²) in [4.78, 5) is 8.43. The summed E-state index contributed by atoms with van der Waals surface area (Å²) in [7, 11) is 1.88. The van der Waals surface area contributed by atoms with E-state index in [4.69, 9.17) is 4.74 Å². The lowest BCUT2D eigenvalue weighted by Gasteiger charge is -2.19. The summed E-state index contributed by atoms with van der Waals surface area (Å²) >= 11 is 0. The summed E-state index contributed by atoms with van der Waals surface area (Å²) in [6.45, 7) is 6.23. The molecule has 2 heterocycles. The first-order chi connectivity index (χ1) is 12.3. The van der Waals surface area contributed by atoms with Crippen molar-refractivity contribution in [1.29, 1.82) is 0 Å². The molecule has 0 bridgehead atoms. The quantitative estimate of drug-likeness (QED) is 0.746. The van der Waals surface area contributed by atoms with Crippen LogP contribution in [0.2, 0.25) is 0 Å². The van der Waals surface area contributed by atoms with Crippen molar-refractivity contribution in [3.05, 3.63) is 60.1 Å². The number of aliphatic imine (C=N–C) groups is 1. The van der Waals surface area contributed by atoms with Gasteiger partial charge in [0.25, 0.3) is 5.92 Å². The molecule has 1 unspecified atom stereocenters. The molecule has 0 amide bonds. The average Bonchev–Trinajstić information content (AvgIpc) is 2.60. The molecule has 0 saturated carbocycles. The largest absolute Gasteiger partial charge is 0.471 e. The van der Waals surface area contributed by atoms with Crippen molar-refractivity contribution in [2.75, 3.05) is 13.7 Å². The van der Waals surface area contributed by atoms with Gasteiger partial charge in [0.15, 0.2) is 6.61 Å². The van der Waals surface area contributed by atoms with Gasteiger partial charge in [0.1, 0.15) is 0 Å². The molecule has 2 N–H and O–H groups in total. The van der Waals surface area contributed by atoms with Gasteiger partial charge >= 0.3 is 0 Å². The van der Waals surface area contributed by atoms with Crippen LogP contribution >= 0.6 is 0 Å². The predicted octanol–water partition coefficient (Wildman–Crippen LogP) is 3.14. The van der Waals surface area contributed by atoms with Crippen molar-refractivity contribution >= 4 is 5.71 Å². The first-order valence-corrected chi connectivity index (χ1v) is 8.28. The molecule has 0 radical (unpaired) electrons. The lowest BCUT2D eigenvalue weighted by Crippen LogP contribution is -2.31. The number of alkyl halides is 2. The van der Waals surface area contributed by atoms with Crippen LogP contribution in [0.5, 0.6) is 5.88 Å². The van der Waals surface area contributed by atoms with Crippen LogP contribution < -0.4 is 15.4 Å². The molecule has 1 aliphatic heterocycles. The van der Waals surface area contributed by atoms with Gasteiger partial charge in [-0.15, -0.1) is 0 Å². The lowest BCUT2D eigenvalue weighted by atomic mass is 10.0. The van der Waals surface area contributed by atoms with Crippen molar-refractivity contribution in [1.82, 2.24) is 15.6 Å². The fourth-order valence-electron chi connectivity index (χ4n) is 2.48. The highest BCUT2D eigenvalue weighted by atomic mass is 19.3. The van der Waals surface area contributed by atoms with Crippen LogP contribution in [-0.4, -0.2) is 36.3 Å². The normalized spacial score (nSPS) is 18.6. The number of allylic oxidation sites excluding steroid dienone is 1. The van der Waals surface area contributed by atoms with Crippen LogP contribution in [0.25, 0.3) is 0 Å². The molecule has 1 aromatic heterocycles. The molecule has 0 aliphatic carbocycles. The van der Waals surface area contributed by atoms with Gasteiger partial charge in [0.05, 0.1) is 11.8 Å². The van der Waals surface area contributed by atoms with Gasteiger partial charge in [-0.1, -0.05) is 6.58 Å². The van der Waals surface area contributed by atoms with Crippen molar-refractivity contribution in [2.24, 2.45) is 4.99 Å². The van der Waals surface area contributed by atoms with E-state index < -0.39 is 12.5 Å². The molecule has 7 heteroatoms. The SMILES string of the molecule is C=CC1=NC=CC(NC)/C1=C\NCc1cnc(OCC(C)(F)F)c(C)c1. The Bertz CT molecular complexity index is 736. The first kappa shape index (κ1) is 19.8. The van der Waals surface area contributed by atoms with Crippen LogP contribution in [0.15, 0.2) is 54.0 Å². The molecule has 5 nitrogen and oxygen atoms in total. The van der Waals surface area contributed by atoms with Crippen molar-refractivity contribution in [3.8, 4) is 5.88 Å². The highest BCUT2D eigenvalue weighted by Crippen LogP contribution is 2.19. The Morgan fingerprint density at radius 3 is 2.81 bits per heavy atom. The molecule has 1 atom stereocenters. The number of ether oxygens (including phenoxy) is 1. The summed E-state index contributed by atoms with van der Waals surface area (Å²) < 4.78 is 30.9. The second-order valence-electron chi connectivity index (χ2n) is 6.13. The first-order valence-electron chi connectivity index (χ1n) is 8.28. The number of nitrogens with zero attached hydrogens (tertiary/aromatic N) is 2.